The van der Waals surface area contributed by atoms with Crippen molar-refractivity contribution >= 4 is 5.78 Å². The fourth-order valence-corrected chi connectivity index (χ4v) is 3.68. The number of carbonyl (C=O) groups excluding carboxylic acids is 1. The van der Waals surface area contributed by atoms with Gasteiger partial charge in [0.2, 0.25) is 0 Å². The average molecular weight is 423 g/mol. The third kappa shape index (κ3) is 5.48. The van der Waals surface area contributed by atoms with E-state index in [0.717, 1.165) is 23.3 Å². The van der Waals surface area contributed by atoms with E-state index in [9.17, 15) is 18.0 Å². The van der Waals surface area contributed by atoms with Gasteiger partial charge in [-0.15, -0.1) is 6.58 Å². The summed E-state index contributed by atoms with van der Waals surface area (Å²) in [6.07, 6.45) is -0.321. The molecule has 1 aromatic heterocycles. The number of pyridine rings is 1. The first kappa shape index (κ1) is 22.5. The van der Waals surface area contributed by atoms with Crippen molar-refractivity contribution in [3.63, 3.8) is 0 Å². The first-order valence-electron chi connectivity index (χ1n) is 10.1. The van der Waals surface area contributed by atoms with Gasteiger partial charge in [0.15, 0.2) is 0 Å². The van der Waals surface area contributed by atoms with Crippen LogP contribution in [0.5, 0.6) is 0 Å². The summed E-state index contributed by atoms with van der Waals surface area (Å²) in [5.74, 6) is -0.770. The lowest BCUT2D eigenvalue weighted by Gasteiger charge is -2.22. The molecule has 0 bridgehead atoms. The molecule has 0 unspecified atom stereocenters. The molecule has 3 rings (SSSR count). The number of aromatic nitrogens is 1. The predicted octanol–water partition coefficient (Wildman–Crippen LogP) is 6.72. The van der Waals surface area contributed by atoms with E-state index in [1.807, 2.05) is 43.3 Å². The summed E-state index contributed by atoms with van der Waals surface area (Å²) in [7, 11) is 0. The zero-order valence-corrected chi connectivity index (χ0v) is 17.3. The van der Waals surface area contributed by atoms with Gasteiger partial charge in [0.1, 0.15) is 5.78 Å². The minimum absolute atomic E-state index is 0.00584. The lowest BCUT2D eigenvalue weighted by Crippen LogP contribution is -2.17. The van der Waals surface area contributed by atoms with Crippen LogP contribution in [0.4, 0.5) is 13.2 Å². The second kappa shape index (κ2) is 9.73. The second-order valence-corrected chi connectivity index (χ2v) is 7.52. The Balaban J connectivity index is 1.99. The molecule has 0 radical (unpaired) electrons. The number of halogens is 3. The fourth-order valence-electron chi connectivity index (χ4n) is 3.68. The highest BCUT2D eigenvalue weighted by molar-refractivity contribution is 5.86. The molecular formula is C26H24F3NO. The molecular weight excluding hydrogens is 399 g/mol. The van der Waals surface area contributed by atoms with Crippen LogP contribution < -0.4 is 0 Å². The Labute approximate surface area is 180 Å². The molecule has 0 aliphatic carbocycles. The zero-order chi connectivity index (χ0) is 22.4. The van der Waals surface area contributed by atoms with Crippen LogP contribution in [0.2, 0.25) is 0 Å². The summed E-state index contributed by atoms with van der Waals surface area (Å²) in [4.78, 5) is 17.7. The quantitative estimate of drug-likeness (QED) is 0.376. The predicted molar refractivity (Wildman–Crippen MR) is 116 cm³/mol. The minimum atomic E-state index is -4.41. The zero-order valence-electron chi connectivity index (χ0n) is 17.3. The van der Waals surface area contributed by atoms with Crippen molar-refractivity contribution in [1.29, 1.82) is 0 Å². The van der Waals surface area contributed by atoms with Crippen molar-refractivity contribution in [3.8, 4) is 0 Å². The molecule has 0 aliphatic heterocycles. The highest BCUT2D eigenvalue weighted by Gasteiger charge is 2.31. The molecule has 0 fully saturated rings. The SMILES string of the molecule is C=CCc1cccnc1[C@@H](CC(=O)[C@@H](C)c1ccccc1)c1ccc(C(F)(F)F)cc1. The van der Waals surface area contributed by atoms with E-state index in [2.05, 4.69) is 11.6 Å². The number of rotatable bonds is 8. The van der Waals surface area contributed by atoms with Gasteiger partial charge < -0.3 is 0 Å². The van der Waals surface area contributed by atoms with Crippen molar-refractivity contribution in [3.05, 3.63) is 114 Å². The monoisotopic (exact) mass is 423 g/mol. The van der Waals surface area contributed by atoms with Gasteiger partial charge in [0.05, 0.1) is 11.3 Å². The van der Waals surface area contributed by atoms with Gasteiger partial charge in [0.25, 0.3) is 0 Å². The highest BCUT2D eigenvalue weighted by atomic mass is 19.4. The number of hydrogen-bond acceptors (Lipinski definition) is 2. The van der Waals surface area contributed by atoms with Gasteiger partial charge in [-0.3, -0.25) is 9.78 Å². The van der Waals surface area contributed by atoms with Crippen molar-refractivity contribution in [2.75, 3.05) is 0 Å². The number of Topliss-reactive ketones (excluding diaryl/α,β-unsaturated/α-hetero) is 1. The van der Waals surface area contributed by atoms with Gasteiger partial charge in [-0.05, 0) is 41.3 Å². The summed E-state index contributed by atoms with van der Waals surface area (Å²) in [6, 6.07) is 18.2. The van der Waals surface area contributed by atoms with Crippen LogP contribution in [0.15, 0.2) is 85.6 Å². The second-order valence-electron chi connectivity index (χ2n) is 7.52. The highest BCUT2D eigenvalue weighted by Crippen LogP contribution is 2.35. The van der Waals surface area contributed by atoms with Gasteiger partial charge in [-0.1, -0.05) is 61.5 Å². The van der Waals surface area contributed by atoms with Crippen molar-refractivity contribution in [1.82, 2.24) is 4.98 Å². The molecule has 0 saturated heterocycles. The number of carbonyl (C=O) groups is 1. The van der Waals surface area contributed by atoms with Crippen LogP contribution in [0, 0.1) is 0 Å². The molecule has 160 valence electrons. The van der Waals surface area contributed by atoms with E-state index < -0.39 is 17.7 Å². The molecule has 0 aliphatic rings. The Hall–Kier alpha value is -3.21. The molecule has 2 nitrogen and oxygen atoms in total. The molecule has 3 aromatic rings. The molecule has 0 amide bonds. The maximum Gasteiger partial charge on any atom is 0.416 e. The lowest BCUT2D eigenvalue weighted by atomic mass is 9.83. The summed E-state index contributed by atoms with van der Waals surface area (Å²) < 4.78 is 39.1. The van der Waals surface area contributed by atoms with Gasteiger partial charge in [-0.25, -0.2) is 0 Å². The van der Waals surface area contributed by atoms with E-state index in [1.54, 1.807) is 18.3 Å². The molecule has 0 spiro atoms. The first-order chi connectivity index (χ1) is 14.8. The Kier molecular flexibility index (Phi) is 7.06. The molecule has 0 N–H and O–H groups in total. The van der Waals surface area contributed by atoms with Gasteiger partial charge >= 0.3 is 6.18 Å². The standard InChI is InChI=1S/C26H24F3NO/c1-3-8-21-11-7-16-30-25(21)23(20-12-14-22(15-13-20)26(27,28)29)17-24(31)18(2)19-9-5-4-6-10-19/h3-7,9-16,18,23H,1,8,17H2,2H3/t18-,23-/m0/s1. The van der Waals surface area contributed by atoms with E-state index in [0.29, 0.717) is 17.7 Å². The Morgan fingerprint density at radius 1 is 1.00 bits per heavy atom. The van der Waals surface area contributed by atoms with E-state index in [4.69, 9.17) is 0 Å². The van der Waals surface area contributed by atoms with Crippen molar-refractivity contribution < 1.29 is 18.0 Å². The van der Waals surface area contributed by atoms with Crippen molar-refractivity contribution in [2.24, 2.45) is 0 Å². The van der Waals surface area contributed by atoms with Crippen LogP contribution >= 0.6 is 0 Å². The third-order valence-electron chi connectivity index (χ3n) is 5.45. The topological polar surface area (TPSA) is 30.0 Å². The number of allylic oxidation sites excluding steroid dienone is 1. The molecule has 5 heteroatoms. The maximum atomic E-state index is 13.2. The largest absolute Gasteiger partial charge is 0.416 e. The number of alkyl halides is 3. The van der Waals surface area contributed by atoms with Crippen molar-refractivity contribution in [2.45, 2.75) is 37.8 Å². The Morgan fingerprint density at radius 3 is 2.29 bits per heavy atom. The van der Waals surface area contributed by atoms with Crippen LogP contribution in [0.1, 0.15) is 53.1 Å². The van der Waals surface area contributed by atoms with Crippen LogP contribution in [-0.4, -0.2) is 10.8 Å². The lowest BCUT2D eigenvalue weighted by molar-refractivity contribution is -0.137. The average Bonchev–Trinajstić information content (AvgIpc) is 2.78. The van der Waals surface area contributed by atoms with Gasteiger partial charge in [0, 0.05) is 24.5 Å². The molecule has 31 heavy (non-hydrogen) atoms. The number of nitrogens with zero attached hydrogens (tertiary/aromatic N) is 1. The minimum Gasteiger partial charge on any atom is -0.299 e. The van der Waals surface area contributed by atoms with E-state index in [-0.39, 0.29) is 18.1 Å². The summed E-state index contributed by atoms with van der Waals surface area (Å²) >= 11 is 0. The molecule has 2 atom stereocenters. The fraction of sp³-hybridized carbons (Fsp3) is 0.231. The third-order valence-corrected chi connectivity index (χ3v) is 5.45. The maximum absolute atomic E-state index is 13.2. The number of benzene rings is 2. The van der Waals surface area contributed by atoms with Crippen LogP contribution in [0.3, 0.4) is 0 Å². The van der Waals surface area contributed by atoms with E-state index in [1.165, 1.54) is 12.1 Å². The number of ketones is 1. The Morgan fingerprint density at radius 2 is 1.68 bits per heavy atom. The first-order valence-corrected chi connectivity index (χ1v) is 10.1. The number of hydrogen-bond donors (Lipinski definition) is 0. The molecule has 0 saturated carbocycles. The molecule has 1 heterocycles. The smallest absolute Gasteiger partial charge is 0.299 e. The summed E-state index contributed by atoms with van der Waals surface area (Å²) in [5.41, 5.74) is 2.42. The van der Waals surface area contributed by atoms with Gasteiger partial charge in [-0.2, -0.15) is 13.2 Å². The van der Waals surface area contributed by atoms with Crippen LogP contribution in [0.25, 0.3) is 0 Å². The summed E-state index contributed by atoms with van der Waals surface area (Å²) in [6.45, 7) is 5.63. The Bertz CT molecular complexity index is 1030. The normalized spacial score (nSPS) is 13.4. The molecule has 2 aromatic carbocycles. The van der Waals surface area contributed by atoms with Crippen LogP contribution in [-0.2, 0) is 17.4 Å². The van der Waals surface area contributed by atoms with E-state index >= 15 is 0 Å². The summed E-state index contributed by atoms with van der Waals surface area (Å²) in [5, 5.41) is 0.